The zero-order valence-corrected chi connectivity index (χ0v) is 15.7. The molecule has 2 amide bonds. The quantitative estimate of drug-likeness (QED) is 0.863. The van der Waals surface area contributed by atoms with Gasteiger partial charge < -0.3 is 15.0 Å². The minimum atomic E-state index is -0.471. The van der Waals surface area contributed by atoms with Crippen molar-refractivity contribution >= 4 is 11.8 Å². The molecule has 28 heavy (non-hydrogen) atoms. The van der Waals surface area contributed by atoms with E-state index in [0.29, 0.717) is 39.3 Å². The number of ether oxygens (including phenoxy) is 1. The molecule has 0 spiro atoms. The van der Waals surface area contributed by atoms with Crippen molar-refractivity contribution in [3.8, 4) is 5.75 Å². The Kier molecular flexibility index (Phi) is 5.53. The van der Waals surface area contributed by atoms with Crippen LogP contribution in [0.15, 0.2) is 48.8 Å². The number of amides is 2. The number of aromatic nitrogens is 1. The van der Waals surface area contributed by atoms with Gasteiger partial charge in [0.1, 0.15) is 12.4 Å². The number of rotatable bonds is 4. The third-order valence-electron chi connectivity index (χ3n) is 5.22. The van der Waals surface area contributed by atoms with E-state index in [9.17, 15) is 9.59 Å². The van der Waals surface area contributed by atoms with E-state index in [1.165, 1.54) is 0 Å². The number of pyridine rings is 1. The summed E-state index contributed by atoms with van der Waals surface area (Å²) >= 11 is 0. The Hall–Kier alpha value is -2.93. The average molecular weight is 380 g/mol. The molecule has 0 unspecified atom stereocenters. The zero-order valence-electron chi connectivity index (χ0n) is 15.7. The number of fused-ring (bicyclic) bond motifs is 1. The molecule has 1 saturated heterocycles. The van der Waals surface area contributed by atoms with Gasteiger partial charge in [-0.1, -0.05) is 24.3 Å². The van der Waals surface area contributed by atoms with Crippen molar-refractivity contribution in [3.63, 3.8) is 0 Å². The smallest absolute Gasteiger partial charge is 0.237 e. The summed E-state index contributed by atoms with van der Waals surface area (Å²) in [5, 5.41) is 2.89. The van der Waals surface area contributed by atoms with Crippen molar-refractivity contribution < 1.29 is 14.3 Å². The van der Waals surface area contributed by atoms with E-state index in [1.54, 1.807) is 17.3 Å². The van der Waals surface area contributed by atoms with Gasteiger partial charge in [-0.2, -0.15) is 0 Å². The molecule has 0 saturated carbocycles. The fourth-order valence-corrected chi connectivity index (χ4v) is 3.73. The first-order chi connectivity index (χ1) is 13.7. The summed E-state index contributed by atoms with van der Waals surface area (Å²) in [7, 11) is 0. The second kappa shape index (κ2) is 8.39. The molecule has 4 rings (SSSR count). The van der Waals surface area contributed by atoms with Gasteiger partial charge in [-0.3, -0.25) is 19.5 Å². The molecule has 0 bridgehead atoms. The molecular weight excluding hydrogens is 356 g/mol. The molecule has 2 aromatic rings. The predicted octanol–water partition coefficient (Wildman–Crippen LogP) is 1.19. The van der Waals surface area contributed by atoms with Crippen LogP contribution < -0.4 is 10.1 Å². The maximum absolute atomic E-state index is 13.0. The molecule has 1 fully saturated rings. The lowest BCUT2D eigenvalue weighted by atomic mass is 10.1. The number of nitrogens with one attached hydrogen (secondary N) is 1. The van der Waals surface area contributed by atoms with Gasteiger partial charge in [0.25, 0.3) is 0 Å². The summed E-state index contributed by atoms with van der Waals surface area (Å²) in [6.45, 7) is 3.39. The zero-order chi connectivity index (χ0) is 19.3. The van der Waals surface area contributed by atoms with Crippen LogP contribution in [-0.2, 0) is 22.7 Å². The Morgan fingerprint density at radius 1 is 1.21 bits per heavy atom. The third-order valence-corrected chi connectivity index (χ3v) is 5.22. The molecule has 7 nitrogen and oxygen atoms in total. The molecule has 1 aromatic carbocycles. The van der Waals surface area contributed by atoms with Gasteiger partial charge in [-0.25, -0.2) is 0 Å². The Morgan fingerprint density at radius 2 is 2.11 bits per heavy atom. The molecule has 146 valence electrons. The minimum Gasteiger partial charge on any atom is -0.491 e. The molecule has 1 atom stereocenters. The number of nitrogens with zero attached hydrogens (tertiary/aromatic N) is 3. The molecule has 3 heterocycles. The highest BCUT2D eigenvalue weighted by atomic mass is 16.5. The number of para-hydroxylation sites is 1. The van der Waals surface area contributed by atoms with Crippen LogP contribution in [-0.4, -0.2) is 58.9 Å². The van der Waals surface area contributed by atoms with E-state index >= 15 is 0 Å². The maximum atomic E-state index is 13.0. The van der Waals surface area contributed by atoms with Gasteiger partial charge in [-0.15, -0.1) is 0 Å². The summed E-state index contributed by atoms with van der Waals surface area (Å²) < 4.78 is 5.75. The topological polar surface area (TPSA) is 74.8 Å². The molecular formula is C21H24N4O3. The van der Waals surface area contributed by atoms with E-state index in [1.807, 2.05) is 36.4 Å². The lowest BCUT2D eigenvalue weighted by Crippen LogP contribution is -2.56. The number of carbonyl (C=O) groups is 2. The molecule has 1 N–H and O–H groups in total. The minimum absolute atomic E-state index is 0.0291. The van der Waals surface area contributed by atoms with Gasteiger partial charge in [0.05, 0.1) is 19.0 Å². The van der Waals surface area contributed by atoms with Crippen LogP contribution in [0.3, 0.4) is 0 Å². The summed E-state index contributed by atoms with van der Waals surface area (Å²) in [6.07, 6.45) is 3.69. The highest BCUT2D eigenvalue weighted by Crippen LogP contribution is 2.23. The van der Waals surface area contributed by atoms with Crippen molar-refractivity contribution in [1.29, 1.82) is 0 Å². The van der Waals surface area contributed by atoms with Crippen LogP contribution in [0.4, 0.5) is 0 Å². The van der Waals surface area contributed by atoms with E-state index < -0.39 is 6.04 Å². The van der Waals surface area contributed by atoms with Crippen LogP contribution in [0.5, 0.6) is 5.75 Å². The number of benzene rings is 1. The Balaban J connectivity index is 1.46. The molecule has 0 radical (unpaired) electrons. The summed E-state index contributed by atoms with van der Waals surface area (Å²) in [5.74, 6) is 0.708. The fourth-order valence-electron chi connectivity index (χ4n) is 3.73. The number of hydrogen-bond acceptors (Lipinski definition) is 5. The van der Waals surface area contributed by atoms with Gasteiger partial charge >= 0.3 is 0 Å². The molecule has 1 aromatic heterocycles. The van der Waals surface area contributed by atoms with E-state index in [0.717, 1.165) is 16.9 Å². The van der Waals surface area contributed by atoms with Gasteiger partial charge in [0, 0.05) is 44.1 Å². The standard InChI is InChI=1S/C21H24N4O3/c26-20(25-10-11-28-19-6-2-1-5-17(19)15-25)12-18-21(27)23-8-9-24(18)14-16-4-3-7-22-13-16/h1-7,13,18H,8-12,14-15H2,(H,23,27)/t18-/m1/s1. The predicted molar refractivity (Wildman–Crippen MR) is 103 cm³/mol. The average Bonchev–Trinajstić information content (AvgIpc) is 2.94. The lowest BCUT2D eigenvalue weighted by molar-refractivity contribution is -0.139. The van der Waals surface area contributed by atoms with Crippen molar-refractivity contribution in [1.82, 2.24) is 20.1 Å². The normalized spacial score (nSPS) is 19.9. The summed E-state index contributed by atoms with van der Waals surface area (Å²) in [6, 6.07) is 11.2. The Labute approximate surface area is 164 Å². The first-order valence-electron chi connectivity index (χ1n) is 9.60. The van der Waals surface area contributed by atoms with Crippen molar-refractivity contribution in [2.45, 2.75) is 25.6 Å². The maximum Gasteiger partial charge on any atom is 0.237 e. The van der Waals surface area contributed by atoms with Crippen molar-refractivity contribution in [3.05, 3.63) is 59.9 Å². The van der Waals surface area contributed by atoms with Crippen LogP contribution >= 0.6 is 0 Å². The Morgan fingerprint density at radius 3 is 2.96 bits per heavy atom. The van der Waals surface area contributed by atoms with E-state index in [4.69, 9.17) is 4.74 Å². The first-order valence-corrected chi connectivity index (χ1v) is 9.60. The summed E-state index contributed by atoms with van der Waals surface area (Å²) in [4.78, 5) is 33.5. The molecule has 2 aliphatic rings. The fraction of sp³-hybridized carbons (Fsp3) is 0.381. The van der Waals surface area contributed by atoms with E-state index in [2.05, 4.69) is 15.2 Å². The van der Waals surface area contributed by atoms with Gasteiger partial charge in [-0.05, 0) is 17.7 Å². The van der Waals surface area contributed by atoms with Crippen LogP contribution in [0, 0.1) is 0 Å². The highest BCUT2D eigenvalue weighted by Gasteiger charge is 2.33. The molecule has 0 aliphatic carbocycles. The second-order valence-electron chi connectivity index (χ2n) is 7.11. The first kappa shape index (κ1) is 18.4. The number of piperazine rings is 1. The van der Waals surface area contributed by atoms with Gasteiger partial charge in [0.2, 0.25) is 11.8 Å². The van der Waals surface area contributed by atoms with Crippen LogP contribution in [0.1, 0.15) is 17.5 Å². The lowest BCUT2D eigenvalue weighted by Gasteiger charge is -2.35. The van der Waals surface area contributed by atoms with Crippen molar-refractivity contribution in [2.75, 3.05) is 26.2 Å². The van der Waals surface area contributed by atoms with Crippen LogP contribution in [0.2, 0.25) is 0 Å². The van der Waals surface area contributed by atoms with Crippen molar-refractivity contribution in [2.24, 2.45) is 0 Å². The summed E-state index contributed by atoms with van der Waals surface area (Å²) in [5.41, 5.74) is 2.03. The second-order valence-corrected chi connectivity index (χ2v) is 7.11. The van der Waals surface area contributed by atoms with E-state index in [-0.39, 0.29) is 18.2 Å². The number of carbonyl (C=O) groups excluding carboxylic acids is 2. The molecule has 2 aliphatic heterocycles. The SMILES string of the molecule is O=C1NCCN(Cc2cccnc2)[C@@H]1CC(=O)N1CCOc2ccccc2C1. The number of hydrogen-bond donors (Lipinski definition) is 1. The molecule has 7 heteroatoms. The van der Waals surface area contributed by atoms with Gasteiger partial charge in [0.15, 0.2) is 0 Å². The van der Waals surface area contributed by atoms with Crippen LogP contribution in [0.25, 0.3) is 0 Å². The largest absolute Gasteiger partial charge is 0.491 e. The monoisotopic (exact) mass is 380 g/mol. The highest BCUT2D eigenvalue weighted by molar-refractivity contribution is 5.89. The Bertz CT molecular complexity index is 843. The third kappa shape index (κ3) is 4.14.